The predicted octanol–water partition coefficient (Wildman–Crippen LogP) is 3.29. The average molecular weight is 398 g/mol. The zero-order valence-electron chi connectivity index (χ0n) is 14.9. The molecule has 6 nitrogen and oxygen atoms in total. The van der Waals surface area contributed by atoms with Gasteiger partial charge in [0.25, 0.3) is 5.91 Å². The number of benzene rings is 1. The molecule has 3 aromatic rings. The molecular formula is C20H17ClFN5O. The zero-order chi connectivity index (χ0) is 19.5. The molecule has 0 N–H and O–H groups in total. The van der Waals surface area contributed by atoms with E-state index in [1.807, 2.05) is 12.1 Å². The predicted molar refractivity (Wildman–Crippen MR) is 105 cm³/mol. The van der Waals surface area contributed by atoms with Crippen molar-refractivity contribution >= 4 is 23.3 Å². The first-order valence-electron chi connectivity index (χ1n) is 8.85. The van der Waals surface area contributed by atoms with Gasteiger partial charge in [-0.15, -0.1) is 10.2 Å². The van der Waals surface area contributed by atoms with Gasteiger partial charge >= 0.3 is 0 Å². The fourth-order valence-electron chi connectivity index (χ4n) is 3.09. The number of amides is 1. The van der Waals surface area contributed by atoms with E-state index in [0.717, 1.165) is 11.4 Å². The molecule has 28 heavy (non-hydrogen) atoms. The maximum absolute atomic E-state index is 13.0. The summed E-state index contributed by atoms with van der Waals surface area (Å²) in [6.07, 6.45) is 1.50. The topological polar surface area (TPSA) is 62.2 Å². The molecule has 4 rings (SSSR count). The third-order valence-electron chi connectivity index (χ3n) is 4.66. The van der Waals surface area contributed by atoms with Gasteiger partial charge in [0.1, 0.15) is 11.0 Å². The van der Waals surface area contributed by atoms with Crippen LogP contribution >= 0.6 is 11.6 Å². The molecule has 1 amide bonds. The second-order valence-corrected chi connectivity index (χ2v) is 6.82. The third kappa shape index (κ3) is 3.94. The van der Waals surface area contributed by atoms with Crippen molar-refractivity contribution in [2.24, 2.45) is 0 Å². The highest BCUT2D eigenvalue weighted by molar-refractivity contribution is 6.29. The number of piperazine rings is 1. The van der Waals surface area contributed by atoms with E-state index in [0.29, 0.717) is 42.6 Å². The van der Waals surface area contributed by atoms with E-state index in [-0.39, 0.29) is 11.7 Å². The highest BCUT2D eigenvalue weighted by Crippen LogP contribution is 2.20. The van der Waals surface area contributed by atoms with Gasteiger partial charge < -0.3 is 9.80 Å². The van der Waals surface area contributed by atoms with Crippen molar-refractivity contribution in [3.63, 3.8) is 0 Å². The van der Waals surface area contributed by atoms with Crippen LogP contribution in [0.4, 0.5) is 10.2 Å². The largest absolute Gasteiger partial charge is 0.352 e. The van der Waals surface area contributed by atoms with Crippen LogP contribution in [0.1, 0.15) is 10.4 Å². The van der Waals surface area contributed by atoms with Crippen molar-refractivity contribution < 1.29 is 9.18 Å². The van der Waals surface area contributed by atoms with Crippen molar-refractivity contribution in [2.45, 2.75) is 0 Å². The summed E-state index contributed by atoms with van der Waals surface area (Å²) in [5.41, 5.74) is 2.03. The molecule has 2 aromatic heterocycles. The fraction of sp³-hybridized carbons (Fsp3) is 0.200. The highest BCUT2D eigenvalue weighted by atomic mass is 35.5. The monoisotopic (exact) mass is 397 g/mol. The Bertz CT molecular complexity index is 955. The van der Waals surface area contributed by atoms with E-state index < -0.39 is 0 Å². The summed E-state index contributed by atoms with van der Waals surface area (Å²) in [6.45, 7) is 2.50. The smallest absolute Gasteiger partial charge is 0.255 e. The minimum absolute atomic E-state index is 0.0541. The van der Waals surface area contributed by atoms with Gasteiger partial charge in [-0.3, -0.25) is 4.79 Å². The highest BCUT2D eigenvalue weighted by Gasteiger charge is 2.23. The Kier molecular flexibility index (Phi) is 5.16. The molecule has 3 heterocycles. The van der Waals surface area contributed by atoms with E-state index in [2.05, 4.69) is 20.1 Å². The Balaban J connectivity index is 1.39. The maximum Gasteiger partial charge on any atom is 0.255 e. The minimum atomic E-state index is -0.282. The summed E-state index contributed by atoms with van der Waals surface area (Å²) < 4.78 is 13.0. The van der Waals surface area contributed by atoms with Crippen LogP contribution < -0.4 is 4.90 Å². The molecular weight excluding hydrogens is 381 g/mol. The number of anilines is 1. The van der Waals surface area contributed by atoms with Crippen LogP contribution in [-0.4, -0.2) is 52.2 Å². The summed E-state index contributed by atoms with van der Waals surface area (Å²) in [5, 5.41) is 8.91. The van der Waals surface area contributed by atoms with Crippen molar-refractivity contribution in [3.8, 4) is 11.3 Å². The third-order valence-corrected chi connectivity index (χ3v) is 4.88. The standard InChI is InChI=1S/C20H17ClFN5O/c21-18-7-3-15(13-23-18)20(28)27-11-9-26(10-12-27)19-8-6-17(24-25-19)14-1-4-16(22)5-2-14/h1-8,13H,9-12H2. The van der Waals surface area contributed by atoms with Crippen LogP contribution in [0.25, 0.3) is 11.3 Å². The molecule has 0 saturated carbocycles. The summed E-state index contributed by atoms with van der Waals surface area (Å²) >= 11 is 5.77. The average Bonchev–Trinajstić information content (AvgIpc) is 2.75. The van der Waals surface area contributed by atoms with Gasteiger partial charge in [-0.1, -0.05) is 11.6 Å². The molecule has 8 heteroatoms. The summed E-state index contributed by atoms with van der Waals surface area (Å²) in [4.78, 5) is 20.4. The summed E-state index contributed by atoms with van der Waals surface area (Å²) in [7, 11) is 0. The summed E-state index contributed by atoms with van der Waals surface area (Å²) in [6, 6.07) is 13.2. The number of carbonyl (C=O) groups excluding carboxylic acids is 1. The molecule has 0 radical (unpaired) electrons. The van der Waals surface area contributed by atoms with E-state index in [4.69, 9.17) is 11.6 Å². The molecule has 1 saturated heterocycles. The van der Waals surface area contributed by atoms with E-state index in [1.165, 1.54) is 18.3 Å². The number of carbonyl (C=O) groups is 1. The van der Waals surface area contributed by atoms with Crippen molar-refractivity contribution in [1.82, 2.24) is 20.1 Å². The number of nitrogens with zero attached hydrogens (tertiary/aromatic N) is 5. The molecule has 0 bridgehead atoms. The van der Waals surface area contributed by atoms with Crippen LogP contribution in [0, 0.1) is 5.82 Å². The Morgan fingerprint density at radius 1 is 0.929 bits per heavy atom. The lowest BCUT2D eigenvalue weighted by Gasteiger charge is -2.35. The van der Waals surface area contributed by atoms with Gasteiger partial charge in [-0.25, -0.2) is 9.37 Å². The lowest BCUT2D eigenvalue weighted by Crippen LogP contribution is -2.49. The normalized spacial score (nSPS) is 14.2. The SMILES string of the molecule is O=C(c1ccc(Cl)nc1)N1CCN(c2ccc(-c3ccc(F)cc3)nn2)CC1. The molecule has 1 aromatic carbocycles. The van der Waals surface area contributed by atoms with Gasteiger partial charge in [0.05, 0.1) is 11.3 Å². The molecule has 0 spiro atoms. The van der Waals surface area contributed by atoms with Crippen molar-refractivity contribution in [3.05, 3.63) is 71.3 Å². The van der Waals surface area contributed by atoms with E-state index >= 15 is 0 Å². The van der Waals surface area contributed by atoms with Gasteiger partial charge in [-0.05, 0) is 48.5 Å². The number of hydrogen-bond donors (Lipinski definition) is 0. The zero-order valence-corrected chi connectivity index (χ0v) is 15.7. The number of halogens is 2. The van der Waals surface area contributed by atoms with Crippen LogP contribution in [0.5, 0.6) is 0 Å². The van der Waals surface area contributed by atoms with E-state index in [9.17, 15) is 9.18 Å². The first-order chi connectivity index (χ1) is 13.6. The van der Waals surface area contributed by atoms with Gasteiger partial charge in [0.15, 0.2) is 5.82 Å². The second-order valence-electron chi connectivity index (χ2n) is 6.43. The van der Waals surface area contributed by atoms with Crippen LogP contribution in [0.2, 0.25) is 5.15 Å². The number of pyridine rings is 1. The molecule has 142 valence electrons. The molecule has 0 aliphatic carbocycles. The Hall–Kier alpha value is -3.06. The number of rotatable bonds is 3. The molecule has 0 atom stereocenters. The maximum atomic E-state index is 13.0. The first kappa shape index (κ1) is 18.3. The first-order valence-corrected chi connectivity index (χ1v) is 9.23. The number of aromatic nitrogens is 3. The molecule has 1 aliphatic rings. The minimum Gasteiger partial charge on any atom is -0.352 e. The second kappa shape index (κ2) is 7.90. The van der Waals surface area contributed by atoms with Crippen molar-refractivity contribution in [2.75, 3.05) is 31.1 Å². The lowest BCUT2D eigenvalue weighted by molar-refractivity contribution is 0.0746. The quantitative estimate of drug-likeness (QED) is 0.634. The van der Waals surface area contributed by atoms with Crippen LogP contribution in [-0.2, 0) is 0 Å². The lowest BCUT2D eigenvalue weighted by atomic mass is 10.1. The Labute approximate surface area is 166 Å². The number of hydrogen-bond acceptors (Lipinski definition) is 5. The molecule has 0 unspecified atom stereocenters. The van der Waals surface area contributed by atoms with Gasteiger partial charge in [0.2, 0.25) is 0 Å². The van der Waals surface area contributed by atoms with Crippen LogP contribution in [0.15, 0.2) is 54.7 Å². The van der Waals surface area contributed by atoms with Crippen LogP contribution in [0.3, 0.4) is 0 Å². The van der Waals surface area contributed by atoms with E-state index in [1.54, 1.807) is 29.2 Å². The Morgan fingerprint density at radius 2 is 1.68 bits per heavy atom. The Morgan fingerprint density at radius 3 is 2.29 bits per heavy atom. The van der Waals surface area contributed by atoms with Gasteiger partial charge in [0, 0.05) is 37.9 Å². The van der Waals surface area contributed by atoms with Crippen molar-refractivity contribution in [1.29, 1.82) is 0 Å². The molecule has 1 aliphatic heterocycles. The summed E-state index contributed by atoms with van der Waals surface area (Å²) in [5.74, 6) is 0.419. The van der Waals surface area contributed by atoms with Gasteiger partial charge in [-0.2, -0.15) is 0 Å². The molecule has 1 fully saturated rings. The fourth-order valence-corrected chi connectivity index (χ4v) is 3.20.